The van der Waals surface area contributed by atoms with Crippen molar-refractivity contribution in [1.29, 1.82) is 0 Å². The molecule has 1 aromatic heterocycles. The van der Waals surface area contributed by atoms with E-state index in [9.17, 15) is 32.4 Å². The Morgan fingerprint density at radius 2 is 1.80 bits per heavy atom. The Morgan fingerprint density at radius 1 is 1.04 bits per heavy atom. The molecule has 0 radical (unpaired) electrons. The van der Waals surface area contributed by atoms with Gasteiger partial charge in [0.05, 0.1) is 5.25 Å². The molecule has 6 rings (SSSR count). The van der Waals surface area contributed by atoms with E-state index in [2.05, 4.69) is 25.7 Å². The van der Waals surface area contributed by atoms with E-state index in [0.29, 0.717) is 36.2 Å². The molecule has 0 unspecified atom stereocenters. The van der Waals surface area contributed by atoms with Gasteiger partial charge in [-0.25, -0.2) is 13.2 Å². The van der Waals surface area contributed by atoms with Crippen molar-refractivity contribution in [2.75, 3.05) is 6.54 Å². The van der Waals surface area contributed by atoms with Gasteiger partial charge >= 0.3 is 6.09 Å². The largest absolute Gasteiger partial charge is 0.444 e. The number of benzene rings is 1. The summed E-state index contributed by atoms with van der Waals surface area (Å²) in [7, 11) is -3.90. The molecule has 0 bridgehead atoms. The maximum atomic E-state index is 14.3. The molecule has 14 nitrogen and oxygen atoms in total. The van der Waals surface area contributed by atoms with Crippen LogP contribution in [0.1, 0.15) is 89.0 Å². The Labute approximate surface area is 301 Å². The number of hydrogen-bond donors (Lipinski definition) is 5. The second kappa shape index (κ2) is 14.1. The average Bonchev–Trinajstić information content (AvgIpc) is 3.93. The lowest BCUT2D eigenvalue weighted by molar-refractivity contribution is -0.141. The van der Waals surface area contributed by atoms with Gasteiger partial charge in [-0.1, -0.05) is 36.6 Å². The fourth-order valence-corrected chi connectivity index (χ4v) is 8.39. The second-order valence-electron chi connectivity index (χ2n) is 15.0. The summed E-state index contributed by atoms with van der Waals surface area (Å²) < 4.78 is 33.1. The third-order valence-electron chi connectivity index (χ3n) is 9.73. The van der Waals surface area contributed by atoms with Crippen LogP contribution in [-0.2, 0) is 29.1 Å². The topological polar surface area (TPSA) is 196 Å². The van der Waals surface area contributed by atoms with Gasteiger partial charge in [0, 0.05) is 34.4 Å². The molecule has 51 heavy (non-hydrogen) atoms. The maximum absolute atomic E-state index is 14.3. The van der Waals surface area contributed by atoms with E-state index in [-0.39, 0.29) is 31.5 Å². The molecule has 5 N–H and O–H groups in total. The Morgan fingerprint density at radius 3 is 2.53 bits per heavy atom. The Balaban J connectivity index is 1.27. The molecule has 2 saturated carbocycles. The minimum Gasteiger partial charge on any atom is -0.444 e. The molecule has 0 spiro atoms. The van der Waals surface area contributed by atoms with Gasteiger partial charge in [0.1, 0.15) is 28.9 Å². The van der Waals surface area contributed by atoms with Crippen molar-refractivity contribution in [3.63, 3.8) is 0 Å². The number of ether oxygens (including phenoxy) is 1. The molecule has 1 aromatic carbocycles. The lowest BCUT2D eigenvalue weighted by Gasteiger charge is -2.30. The fraction of sp³-hybridized carbons (Fsp3) is 0.571. The number of H-pyrrole nitrogens is 1. The van der Waals surface area contributed by atoms with Gasteiger partial charge in [0.25, 0.3) is 11.8 Å². The highest BCUT2D eigenvalue weighted by molar-refractivity contribution is 7.91. The first kappa shape index (κ1) is 36.7. The monoisotopic (exact) mass is 744 g/mol. The lowest BCUT2D eigenvalue weighted by atomic mass is 10.0. The number of carbonyl (C=O) groups excluding carboxylic acids is 5. The van der Waals surface area contributed by atoms with E-state index < -0.39 is 80.2 Å². The lowest BCUT2D eigenvalue weighted by Crippen LogP contribution is -2.58. The summed E-state index contributed by atoms with van der Waals surface area (Å²) in [5.41, 5.74) is -1.38. The molecule has 1 saturated heterocycles. The summed E-state index contributed by atoms with van der Waals surface area (Å²) in [6.45, 7) is 5.07. The highest BCUT2D eigenvalue weighted by atomic mass is 35.5. The first-order valence-electron chi connectivity index (χ1n) is 17.5. The Hall–Kier alpha value is -4.11. The molecule has 2 aliphatic heterocycles. The highest BCUT2D eigenvalue weighted by Crippen LogP contribution is 2.46. The van der Waals surface area contributed by atoms with Crippen molar-refractivity contribution in [2.24, 2.45) is 5.92 Å². The van der Waals surface area contributed by atoms with Crippen LogP contribution in [0, 0.1) is 5.92 Å². The van der Waals surface area contributed by atoms with E-state index in [1.54, 1.807) is 45.0 Å². The second-order valence-corrected chi connectivity index (χ2v) is 17.4. The van der Waals surface area contributed by atoms with Crippen LogP contribution in [-0.4, -0.2) is 89.1 Å². The third kappa shape index (κ3) is 8.52. The van der Waals surface area contributed by atoms with Crippen LogP contribution in [0.2, 0.25) is 5.02 Å². The van der Waals surface area contributed by atoms with Gasteiger partial charge in [0.2, 0.25) is 21.8 Å². The average molecular weight is 745 g/mol. The van der Waals surface area contributed by atoms with Crippen LogP contribution in [0.15, 0.2) is 36.4 Å². The fourth-order valence-electron chi connectivity index (χ4n) is 6.84. The Bertz CT molecular complexity index is 1870. The number of nitrogens with one attached hydrogen (secondary N) is 5. The molecule has 16 heteroatoms. The smallest absolute Gasteiger partial charge is 0.408 e. The molecular weight excluding hydrogens is 700 g/mol. The molecule has 2 aromatic rings. The predicted octanol–water partition coefficient (Wildman–Crippen LogP) is 3.42. The molecule has 3 heterocycles. The molecule has 3 fully saturated rings. The zero-order valence-corrected chi connectivity index (χ0v) is 30.5. The van der Waals surface area contributed by atoms with Crippen molar-refractivity contribution in [2.45, 2.75) is 113 Å². The summed E-state index contributed by atoms with van der Waals surface area (Å²) in [5, 5.41) is 9.05. The number of amides is 5. The standard InChI is InChI=1S/C35H45ClN6O8S/c1-34(2,3)50-33(47)39-26-10-8-6-4-5-7-9-21-18-35(21,32(46)41-51(48,49)24-12-13-24)40-30(44)28-17-23(19-42(28)31(26)45)37-29(43)27-16-20-15-22(36)11-14-25(20)38-27/h7,9,11,14-16,21,23-24,26,28,38H,4-6,8,10,12-13,17-19H2,1-3H3,(H,37,43)(H,39,47)(H,40,44)(H,41,46)/b9-7-/t21-,23-,26+,28+,35-/m1/s1. The van der Waals surface area contributed by atoms with E-state index in [1.807, 2.05) is 12.2 Å². The molecular formula is C35H45ClN6O8S. The summed E-state index contributed by atoms with van der Waals surface area (Å²) in [5.74, 6) is -2.92. The van der Waals surface area contributed by atoms with Gasteiger partial charge in [-0.2, -0.15) is 0 Å². The molecule has 4 aliphatic rings. The van der Waals surface area contributed by atoms with Crippen molar-refractivity contribution in [1.82, 2.24) is 30.6 Å². The number of aromatic amines is 1. The number of sulfonamides is 1. The number of hydrogen-bond acceptors (Lipinski definition) is 8. The van der Waals surface area contributed by atoms with Crippen LogP contribution in [0.4, 0.5) is 4.79 Å². The third-order valence-corrected chi connectivity index (χ3v) is 11.8. The van der Waals surface area contributed by atoms with Crippen LogP contribution >= 0.6 is 11.6 Å². The van der Waals surface area contributed by atoms with Gasteiger partial charge < -0.3 is 30.6 Å². The van der Waals surface area contributed by atoms with E-state index >= 15 is 0 Å². The van der Waals surface area contributed by atoms with Crippen molar-refractivity contribution in [3.05, 3.63) is 47.1 Å². The number of rotatable bonds is 6. The molecule has 2 aliphatic carbocycles. The minimum absolute atomic E-state index is 0.00705. The van der Waals surface area contributed by atoms with Crippen LogP contribution < -0.4 is 20.7 Å². The first-order chi connectivity index (χ1) is 24.0. The van der Waals surface area contributed by atoms with Crippen molar-refractivity contribution >= 4 is 62.2 Å². The number of halogens is 1. The van der Waals surface area contributed by atoms with Crippen LogP contribution in [0.25, 0.3) is 10.9 Å². The first-order valence-corrected chi connectivity index (χ1v) is 19.4. The highest BCUT2D eigenvalue weighted by Gasteiger charge is 2.62. The Kier molecular flexibility index (Phi) is 10.2. The molecule has 5 amide bonds. The summed E-state index contributed by atoms with van der Waals surface area (Å²) in [6.07, 6.45) is 7.19. The summed E-state index contributed by atoms with van der Waals surface area (Å²) >= 11 is 6.12. The number of nitrogens with zero attached hydrogens (tertiary/aromatic N) is 1. The summed E-state index contributed by atoms with van der Waals surface area (Å²) in [6, 6.07) is 3.98. The zero-order chi connectivity index (χ0) is 36.7. The number of carbonyl (C=O) groups is 5. The molecule has 5 atom stereocenters. The van der Waals surface area contributed by atoms with Crippen LogP contribution in [0.5, 0.6) is 0 Å². The van der Waals surface area contributed by atoms with Gasteiger partial charge in [-0.05, 0) is 90.0 Å². The van der Waals surface area contributed by atoms with Gasteiger partial charge in [-0.3, -0.25) is 23.9 Å². The van der Waals surface area contributed by atoms with E-state index in [0.717, 1.165) is 18.2 Å². The number of allylic oxidation sites excluding steroid dienone is 1. The molecule has 276 valence electrons. The maximum Gasteiger partial charge on any atom is 0.408 e. The number of alkyl carbamates (subject to hydrolysis) is 1. The minimum atomic E-state index is -3.90. The van der Waals surface area contributed by atoms with E-state index in [4.69, 9.17) is 16.3 Å². The van der Waals surface area contributed by atoms with Gasteiger partial charge in [-0.15, -0.1) is 0 Å². The zero-order valence-electron chi connectivity index (χ0n) is 28.9. The quantitative estimate of drug-likeness (QED) is 0.278. The SMILES string of the molecule is CC(C)(C)OC(=O)N[C@H]1CCCCC/C=C\[C@@H]2C[C@@]2(C(=O)NS(=O)(=O)C2CC2)NC(=O)[C@@H]2C[C@@H](NC(=O)c3cc4cc(Cl)ccc4[nH]3)CN2C1=O. The number of fused-ring (bicyclic) bond motifs is 3. The summed E-state index contributed by atoms with van der Waals surface area (Å²) in [4.78, 5) is 72.8. The van der Waals surface area contributed by atoms with E-state index in [1.165, 1.54) is 4.90 Å². The normalized spacial score (nSPS) is 28.0. The van der Waals surface area contributed by atoms with Crippen molar-refractivity contribution in [3.8, 4) is 0 Å². The van der Waals surface area contributed by atoms with Crippen LogP contribution in [0.3, 0.4) is 0 Å². The number of aromatic nitrogens is 1. The van der Waals surface area contributed by atoms with Crippen molar-refractivity contribution < 1.29 is 37.1 Å². The predicted molar refractivity (Wildman–Crippen MR) is 189 cm³/mol. The van der Waals surface area contributed by atoms with Gasteiger partial charge in [0.15, 0.2) is 0 Å².